The minimum absolute atomic E-state index is 0.216. The maximum absolute atomic E-state index is 12.3. The van der Waals surface area contributed by atoms with E-state index in [1.54, 1.807) is 6.26 Å². The summed E-state index contributed by atoms with van der Waals surface area (Å²) in [5.41, 5.74) is 3.54. The van der Waals surface area contributed by atoms with Crippen LogP contribution in [0.1, 0.15) is 64.9 Å². The standard InChI is InChI=1S/C17H19N3O2/c21-17(18-10-12-4-3-9-22-12)16-19-14-6-2-1-5-13(14)15(20-16)11-7-8-11/h3-4,9,11H,1-2,5-8,10H2,(H,18,21). The highest BCUT2D eigenvalue weighted by molar-refractivity contribution is 5.90. The Morgan fingerprint density at radius 2 is 2.14 bits per heavy atom. The lowest BCUT2D eigenvalue weighted by atomic mass is 9.93. The number of aryl methyl sites for hydroxylation is 1. The van der Waals surface area contributed by atoms with E-state index in [2.05, 4.69) is 15.3 Å². The molecule has 0 unspecified atom stereocenters. The third kappa shape index (κ3) is 2.63. The summed E-state index contributed by atoms with van der Waals surface area (Å²) < 4.78 is 5.23. The van der Waals surface area contributed by atoms with E-state index in [4.69, 9.17) is 4.42 Å². The summed E-state index contributed by atoms with van der Waals surface area (Å²) in [5, 5.41) is 2.84. The number of hydrogen-bond donors (Lipinski definition) is 1. The van der Waals surface area contributed by atoms with Crippen molar-refractivity contribution in [3.63, 3.8) is 0 Å². The summed E-state index contributed by atoms with van der Waals surface area (Å²) in [4.78, 5) is 21.5. The first-order valence-electron chi connectivity index (χ1n) is 8.01. The number of amides is 1. The van der Waals surface area contributed by atoms with Crippen molar-refractivity contribution in [2.75, 3.05) is 0 Å². The third-order valence-electron chi connectivity index (χ3n) is 4.39. The summed E-state index contributed by atoms with van der Waals surface area (Å²) in [6.07, 6.45) is 8.38. The maximum Gasteiger partial charge on any atom is 0.289 e. The average molecular weight is 297 g/mol. The molecule has 5 nitrogen and oxygen atoms in total. The van der Waals surface area contributed by atoms with Crippen molar-refractivity contribution in [1.82, 2.24) is 15.3 Å². The van der Waals surface area contributed by atoms with Gasteiger partial charge in [-0.2, -0.15) is 0 Å². The first-order chi connectivity index (χ1) is 10.8. The highest BCUT2D eigenvalue weighted by atomic mass is 16.3. The molecular formula is C17H19N3O2. The van der Waals surface area contributed by atoms with Gasteiger partial charge in [-0.15, -0.1) is 0 Å². The van der Waals surface area contributed by atoms with E-state index < -0.39 is 0 Å². The average Bonchev–Trinajstić information content (AvgIpc) is 3.27. The molecule has 0 spiro atoms. The molecule has 2 aliphatic carbocycles. The lowest BCUT2D eigenvalue weighted by molar-refractivity contribution is 0.0936. The van der Waals surface area contributed by atoms with Crippen molar-refractivity contribution in [1.29, 1.82) is 0 Å². The minimum Gasteiger partial charge on any atom is -0.467 e. The molecule has 1 saturated carbocycles. The summed E-state index contributed by atoms with van der Waals surface area (Å²) in [5.74, 6) is 1.38. The molecule has 22 heavy (non-hydrogen) atoms. The van der Waals surface area contributed by atoms with Crippen LogP contribution in [0, 0.1) is 0 Å². The Morgan fingerprint density at radius 3 is 2.91 bits per heavy atom. The number of fused-ring (bicyclic) bond motifs is 1. The molecule has 0 atom stereocenters. The number of carbonyl (C=O) groups excluding carboxylic acids is 1. The number of furan rings is 1. The SMILES string of the molecule is O=C(NCc1ccco1)c1nc2c(c(C3CC3)n1)CCCC2. The second kappa shape index (κ2) is 5.55. The zero-order chi connectivity index (χ0) is 14.9. The van der Waals surface area contributed by atoms with Crippen LogP contribution in [0.15, 0.2) is 22.8 Å². The molecule has 5 heteroatoms. The van der Waals surface area contributed by atoms with E-state index in [1.165, 1.54) is 24.8 Å². The zero-order valence-corrected chi connectivity index (χ0v) is 12.5. The fraction of sp³-hybridized carbons (Fsp3) is 0.471. The minimum atomic E-state index is -0.216. The first kappa shape index (κ1) is 13.5. The van der Waals surface area contributed by atoms with Gasteiger partial charge in [-0.3, -0.25) is 4.79 Å². The molecule has 2 aliphatic rings. The molecule has 1 amide bonds. The molecule has 0 radical (unpaired) electrons. The maximum atomic E-state index is 12.3. The Hall–Kier alpha value is -2.17. The van der Waals surface area contributed by atoms with Gasteiger partial charge in [-0.05, 0) is 56.2 Å². The Morgan fingerprint density at radius 1 is 1.27 bits per heavy atom. The molecule has 0 saturated heterocycles. The lowest BCUT2D eigenvalue weighted by Crippen LogP contribution is -2.27. The van der Waals surface area contributed by atoms with E-state index >= 15 is 0 Å². The van der Waals surface area contributed by atoms with Gasteiger partial charge >= 0.3 is 0 Å². The zero-order valence-electron chi connectivity index (χ0n) is 12.5. The van der Waals surface area contributed by atoms with Crippen LogP contribution >= 0.6 is 0 Å². The van der Waals surface area contributed by atoms with E-state index in [0.29, 0.717) is 18.3 Å². The van der Waals surface area contributed by atoms with Gasteiger partial charge in [0.25, 0.3) is 5.91 Å². The van der Waals surface area contributed by atoms with Crippen LogP contribution in [-0.2, 0) is 19.4 Å². The van der Waals surface area contributed by atoms with Crippen molar-refractivity contribution < 1.29 is 9.21 Å². The Bertz CT molecular complexity index is 690. The van der Waals surface area contributed by atoms with Gasteiger partial charge in [0.15, 0.2) is 0 Å². The number of nitrogens with zero attached hydrogens (tertiary/aromatic N) is 2. The Kier molecular flexibility index (Phi) is 3.41. The van der Waals surface area contributed by atoms with Gasteiger partial charge < -0.3 is 9.73 Å². The normalized spacial score (nSPS) is 17.1. The highest BCUT2D eigenvalue weighted by Gasteiger charge is 2.31. The van der Waals surface area contributed by atoms with Crippen LogP contribution in [0.25, 0.3) is 0 Å². The van der Waals surface area contributed by atoms with Crippen molar-refractivity contribution >= 4 is 5.91 Å². The van der Waals surface area contributed by atoms with Crippen LogP contribution in [0.4, 0.5) is 0 Å². The van der Waals surface area contributed by atoms with E-state index in [9.17, 15) is 4.79 Å². The van der Waals surface area contributed by atoms with Gasteiger partial charge in [0.05, 0.1) is 18.5 Å². The van der Waals surface area contributed by atoms with Crippen LogP contribution in [0.3, 0.4) is 0 Å². The Labute approximate surface area is 129 Å². The molecule has 0 aliphatic heterocycles. The lowest BCUT2D eigenvalue weighted by Gasteiger charge is -2.18. The molecule has 2 aromatic heterocycles. The number of hydrogen-bond acceptors (Lipinski definition) is 4. The fourth-order valence-electron chi connectivity index (χ4n) is 3.08. The molecule has 2 aromatic rings. The van der Waals surface area contributed by atoms with Crippen LogP contribution in [0.5, 0.6) is 0 Å². The molecule has 1 N–H and O–H groups in total. The predicted molar refractivity (Wildman–Crippen MR) is 80.5 cm³/mol. The number of rotatable bonds is 4. The summed E-state index contributed by atoms with van der Waals surface area (Å²) in [6, 6.07) is 3.64. The monoisotopic (exact) mass is 297 g/mol. The van der Waals surface area contributed by atoms with Crippen LogP contribution in [0.2, 0.25) is 0 Å². The predicted octanol–water partition coefficient (Wildman–Crippen LogP) is 2.76. The number of aromatic nitrogens is 2. The van der Waals surface area contributed by atoms with Crippen molar-refractivity contribution in [3.05, 3.63) is 46.9 Å². The van der Waals surface area contributed by atoms with Crippen molar-refractivity contribution in [2.45, 2.75) is 51.0 Å². The molecular weight excluding hydrogens is 278 g/mol. The quantitative estimate of drug-likeness (QED) is 0.942. The van der Waals surface area contributed by atoms with Gasteiger partial charge in [-0.1, -0.05) is 0 Å². The molecule has 4 rings (SSSR count). The van der Waals surface area contributed by atoms with Crippen LogP contribution in [-0.4, -0.2) is 15.9 Å². The van der Waals surface area contributed by atoms with Gasteiger partial charge in [0, 0.05) is 11.6 Å². The van der Waals surface area contributed by atoms with Gasteiger partial charge in [0.2, 0.25) is 5.82 Å². The van der Waals surface area contributed by atoms with Gasteiger partial charge in [-0.25, -0.2) is 9.97 Å². The largest absolute Gasteiger partial charge is 0.467 e. The first-order valence-corrected chi connectivity index (χ1v) is 8.01. The van der Waals surface area contributed by atoms with E-state index in [-0.39, 0.29) is 5.91 Å². The smallest absolute Gasteiger partial charge is 0.289 e. The molecule has 0 aromatic carbocycles. The third-order valence-corrected chi connectivity index (χ3v) is 4.39. The van der Waals surface area contributed by atoms with Crippen molar-refractivity contribution in [3.8, 4) is 0 Å². The Balaban J connectivity index is 1.58. The topological polar surface area (TPSA) is 68.0 Å². The van der Waals surface area contributed by atoms with Crippen LogP contribution < -0.4 is 5.32 Å². The molecule has 114 valence electrons. The van der Waals surface area contributed by atoms with E-state index in [0.717, 1.165) is 36.4 Å². The summed E-state index contributed by atoms with van der Waals surface area (Å²) in [7, 11) is 0. The molecule has 2 heterocycles. The fourth-order valence-corrected chi connectivity index (χ4v) is 3.08. The van der Waals surface area contributed by atoms with Crippen molar-refractivity contribution in [2.24, 2.45) is 0 Å². The number of carbonyl (C=O) groups is 1. The number of nitrogens with one attached hydrogen (secondary N) is 1. The summed E-state index contributed by atoms with van der Waals surface area (Å²) >= 11 is 0. The second-order valence-electron chi connectivity index (χ2n) is 6.10. The molecule has 0 bridgehead atoms. The second-order valence-corrected chi connectivity index (χ2v) is 6.10. The van der Waals surface area contributed by atoms with Gasteiger partial charge in [0.1, 0.15) is 5.76 Å². The highest BCUT2D eigenvalue weighted by Crippen LogP contribution is 2.42. The molecule has 1 fully saturated rings. The summed E-state index contributed by atoms with van der Waals surface area (Å²) in [6.45, 7) is 0.366. The van der Waals surface area contributed by atoms with E-state index in [1.807, 2.05) is 12.1 Å².